The molecule has 2 aromatic carbocycles. The molecule has 1 aliphatic rings. The van der Waals surface area contributed by atoms with Gasteiger partial charge in [0.25, 0.3) is 5.91 Å². The van der Waals surface area contributed by atoms with Crippen LogP contribution < -0.4 is 10.2 Å². The molecule has 2 N–H and O–H groups in total. The summed E-state index contributed by atoms with van der Waals surface area (Å²) in [5, 5.41) is 12.1. The molecule has 0 spiro atoms. The second kappa shape index (κ2) is 5.89. The van der Waals surface area contributed by atoms with Crippen molar-refractivity contribution in [2.75, 3.05) is 16.8 Å². The van der Waals surface area contributed by atoms with Crippen LogP contribution in [0, 0.1) is 0 Å². The Kier molecular flexibility index (Phi) is 3.78. The van der Waals surface area contributed by atoms with Crippen molar-refractivity contribution in [2.24, 2.45) is 0 Å². The van der Waals surface area contributed by atoms with Crippen LogP contribution >= 0.6 is 0 Å². The van der Waals surface area contributed by atoms with E-state index in [0.717, 1.165) is 12.1 Å². The van der Waals surface area contributed by atoms with Gasteiger partial charge in [-0.1, -0.05) is 12.1 Å². The Balaban J connectivity index is 1.79. The molecule has 0 atom stereocenters. The van der Waals surface area contributed by atoms with Crippen LogP contribution in [0.25, 0.3) is 0 Å². The first-order valence-corrected chi connectivity index (χ1v) is 7.14. The Labute approximate surface area is 128 Å². The lowest BCUT2D eigenvalue weighted by atomic mass is 10.1. The predicted octanol–water partition coefficient (Wildman–Crippen LogP) is 2.77. The fourth-order valence-electron chi connectivity index (χ4n) is 2.52. The number of nitrogens with zero attached hydrogens (tertiary/aromatic N) is 1. The number of carbonyl (C=O) groups excluding carboxylic acids is 2. The van der Waals surface area contributed by atoms with Crippen molar-refractivity contribution in [3.63, 3.8) is 0 Å². The lowest BCUT2D eigenvalue weighted by Gasteiger charge is -2.16. The van der Waals surface area contributed by atoms with Crippen LogP contribution in [0.4, 0.5) is 11.4 Å². The summed E-state index contributed by atoms with van der Waals surface area (Å²) in [5.74, 6) is -0.0983. The average Bonchev–Trinajstić information content (AvgIpc) is 2.93. The predicted molar refractivity (Wildman–Crippen MR) is 84.1 cm³/mol. The molecule has 1 aliphatic heterocycles. The Hall–Kier alpha value is -2.82. The largest absolute Gasteiger partial charge is 0.508 e. The highest BCUT2D eigenvalue weighted by Gasteiger charge is 2.22. The molecule has 3 rings (SSSR count). The van der Waals surface area contributed by atoms with Gasteiger partial charge in [0.05, 0.1) is 0 Å². The number of aromatic hydroxyl groups is 1. The van der Waals surface area contributed by atoms with E-state index in [1.54, 1.807) is 35.2 Å². The Bertz CT molecular complexity index is 727. The number of benzene rings is 2. The normalized spacial score (nSPS) is 14.2. The summed E-state index contributed by atoms with van der Waals surface area (Å²) in [6.07, 6.45) is 1.40. The summed E-state index contributed by atoms with van der Waals surface area (Å²) in [6.45, 7) is 0.691. The zero-order valence-corrected chi connectivity index (χ0v) is 12.0. The molecule has 2 aromatic rings. The first-order valence-electron chi connectivity index (χ1n) is 7.14. The summed E-state index contributed by atoms with van der Waals surface area (Å²) < 4.78 is 0. The molecule has 1 heterocycles. The third kappa shape index (κ3) is 2.93. The molecule has 5 heteroatoms. The number of hydrogen-bond acceptors (Lipinski definition) is 3. The number of phenols is 1. The van der Waals surface area contributed by atoms with Gasteiger partial charge in [0, 0.05) is 36.0 Å². The SMILES string of the molecule is O=C(Nc1cccc(O)c1)c1cccc(N2CCCC2=O)c1. The van der Waals surface area contributed by atoms with E-state index in [4.69, 9.17) is 0 Å². The minimum Gasteiger partial charge on any atom is -0.508 e. The zero-order valence-electron chi connectivity index (χ0n) is 12.0. The fraction of sp³-hybridized carbons (Fsp3) is 0.176. The number of rotatable bonds is 3. The van der Waals surface area contributed by atoms with Crippen LogP contribution in [0.1, 0.15) is 23.2 Å². The summed E-state index contributed by atoms with van der Waals surface area (Å²) >= 11 is 0. The molecule has 1 fully saturated rings. The summed E-state index contributed by atoms with van der Waals surface area (Å²) in [7, 11) is 0. The quantitative estimate of drug-likeness (QED) is 0.915. The molecule has 22 heavy (non-hydrogen) atoms. The maximum atomic E-state index is 12.3. The minimum absolute atomic E-state index is 0.0885. The van der Waals surface area contributed by atoms with Gasteiger partial charge in [0.15, 0.2) is 0 Å². The first kappa shape index (κ1) is 14.1. The number of phenolic OH excluding ortho intramolecular Hbond substituents is 1. The van der Waals surface area contributed by atoms with Gasteiger partial charge < -0.3 is 15.3 Å². The topological polar surface area (TPSA) is 69.6 Å². The van der Waals surface area contributed by atoms with Crippen molar-refractivity contribution in [3.05, 3.63) is 54.1 Å². The van der Waals surface area contributed by atoms with E-state index >= 15 is 0 Å². The highest BCUT2D eigenvalue weighted by Crippen LogP contribution is 2.23. The van der Waals surface area contributed by atoms with Gasteiger partial charge in [0.2, 0.25) is 5.91 Å². The van der Waals surface area contributed by atoms with Gasteiger partial charge in [-0.3, -0.25) is 9.59 Å². The van der Waals surface area contributed by atoms with Crippen molar-refractivity contribution in [2.45, 2.75) is 12.8 Å². The van der Waals surface area contributed by atoms with Crippen LogP contribution in [0.3, 0.4) is 0 Å². The number of amides is 2. The van der Waals surface area contributed by atoms with Crippen molar-refractivity contribution < 1.29 is 14.7 Å². The highest BCUT2D eigenvalue weighted by atomic mass is 16.3. The molecule has 2 amide bonds. The van der Waals surface area contributed by atoms with E-state index in [9.17, 15) is 14.7 Å². The molecule has 0 aliphatic carbocycles. The van der Waals surface area contributed by atoms with Gasteiger partial charge in [0.1, 0.15) is 5.75 Å². The van der Waals surface area contributed by atoms with E-state index in [1.807, 2.05) is 6.07 Å². The lowest BCUT2D eigenvalue weighted by molar-refractivity contribution is -0.117. The van der Waals surface area contributed by atoms with Crippen molar-refractivity contribution in [3.8, 4) is 5.75 Å². The molecular weight excluding hydrogens is 280 g/mol. The van der Waals surface area contributed by atoms with Gasteiger partial charge in [-0.2, -0.15) is 0 Å². The molecule has 5 nitrogen and oxygen atoms in total. The highest BCUT2D eigenvalue weighted by molar-refractivity contribution is 6.05. The van der Waals surface area contributed by atoms with Gasteiger partial charge in [-0.15, -0.1) is 0 Å². The molecule has 0 radical (unpaired) electrons. The van der Waals surface area contributed by atoms with Crippen LogP contribution in [-0.2, 0) is 4.79 Å². The number of anilines is 2. The summed E-state index contributed by atoms with van der Waals surface area (Å²) in [6, 6.07) is 13.4. The maximum Gasteiger partial charge on any atom is 0.255 e. The monoisotopic (exact) mass is 296 g/mol. The third-order valence-corrected chi connectivity index (χ3v) is 3.60. The Morgan fingerprint density at radius 3 is 2.68 bits per heavy atom. The third-order valence-electron chi connectivity index (χ3n) is 3.60. The van der Waals surface area contributed by atoms with E-state index in [0.29, 0.717) is 24.2 Å². The maximum absolute atomic E-state index is 12.3. The van der Waals surface area contributed by atoms with Crippen molar-refractivity contribution >= 4 is 23.2 Å². The van der Waals surface area contributed by atoms with Gasteiger partial charge >= 0.3 is 0 Å². The van der Waals surface area contributed by atoms with Crippen LogP contribution in [0.2, 0.25) is 0 Å². The van der Waals surface area contributed by atoms with Gasteiger partial charge in [-0.25, -0.2) is 0 Å². The minimum atomic E-state index is -0.279. The fourth-order valence-corrected chi connectivity index (χ4v) is 2.52. The molecular formula is C17H16N2O3. The Morgan fingerprint density at radius 2 is 1.95 bits per heavy atom. The van der Waals surface area contributed by atoms with Crippen molar-refractivity contribution in [1.29, 1.82) is 0 Å². The first-order chi connectivity index (χ1) is 10.6. The number of carbonyl (C=O) groups is 2. The van der Waals surface area contributed by atoms with E-state index in [-0.39, 0.29) is 17.6 Å². The van der Waals surface area contributed by atoms with E-state index in [2.05, 4.69) is 5.32 Å². The van der Waals surface area contributed by atoms with E-state index in [1.165, 1.54) is 12.1 Å². The Morgan fingerprint density at radius 1 is 1.14 bits per heavy atom. The van der Waals surface area contributed by atoms with E-state index < -0.39 is 0 Å². The number of hydrogen-bond donors (Lipinski definition) is 2. The molecule has 0 bridgehead atoms. The zero-order chi connectivity index (χ0) is 15.5. The summed E-state index contributed by atoms with van der Waals surface area (Å²) in [5.41, 5.74) is 1.74. The smallest absolute Gasteiger partial charge is 0.255 e. The number of nitrogens with one attached hydrogen (secondary N) is 1. The molecule has 0 unspecified atom stereocenters. The molecule has 112 valence electrons. The van der Waals surface area contributed by atoms with Crippen molar-refractivity contribution in [1.82, 2.24) is 0 Å². The molecule has 1 saturated heterocycles. The second-order valence-corrected chi connectivity index (χ2v) is 5.20. The van der Waals surface area contributed by atoms with Gasteiger partial charge in [-0.05, 0) is 36.8 Å². The molecule has 0 aromatic heterocycles. The lowest BCUT2D eigenvalue weighted by Crippen LogP contribution is -2.24. The van der Waals surface area contributed by atoms with Crippen LogP contribution in [0.15, 0.2) is 48.5 Å². The second-order valence-electron chi connectivity index (χ2n) is 5.20. The summed E-state index contributed by atoms with van der Waals surface area (Å²) in [4.78, 5) is 25.8. The standard InChI is InChI=1S/C17H16N2O3/c20-15-7-2-5-13(11-15)18-17(22)12-4-1-6-14(10-12)19-9-3-8-16(19)21/h1-2,4-7,10-11,20H,3,8-9H2,(H,18,22). The molecule has 0 saturated carbocycles. The van der Waals surface area contributed by atoms with Crippen LogP contribution in [0.5, 0.6) is 5.75 Å². The average molecular weight is 296 g/mol. The van der Waals surface area contributed by atoms with Crippen LogP contribution in [-0.4, -0.2) is 23.5 Å².